The number of phenols is 1. The zero-order valence-electron chi connectivity index (χ0n) is 23.2. The van der Waals surface area contributed by atoms with Crippen molar-refractivity contribution >= 4 is 45.3 Å². The zero-order chi connectivity index (χ0) is 29.4. The van der Waals surface area contributed by atoms with Crippen LogP contribution in [0.2, 0.25) is 0 Å². The van der Waals surface area contributed by atoms with Crippen molar-refractivity contribution in [1.29, 1.82) is 0 Å². The molecular formula is C28H36BFN4O5P. The molecule has 1 aromatic rings. The van der Waals surface area contributed by atoms with E-state index in [1.165, 1.54) is 0 Å². The number of ketones is 1. The van der Waals surface area contributed by atoms with Gasteiger partial charge in [0.25, 0.3) is 0 Å². The Hall–Kier alpha value is -2.75. The predicted molar refractivity (Wildman–Crippen MR) is 157 cm³/mol. The van der Waals surface area contributed by atoms with Crippen LogP contribution in [0.15, 0.2) is 23.0 Å². The number of Topliss-reactive ketones (excluding diaryl/α,β-unsaturated/α-hetero) is 1. The molecule has 6 atom stereocenters. The van der Waals surface area contributed by atoms with E-state index in [1.807, 2.05) is 23.9 Å². The van der Waals surface area contributed by atoms with Crippen molar-refractivity contribution in [2.45, 2.75) is 43.2 Å². The van der Waals surface area contributed by atoms with E-state index in [1.54, 1.807) is 25.1 Å². The number of primary amides is 1. The number of allylic oxidation sites excluding steroid dienone is 1. The van der Waals surface area contributed by atoms with Crippen LogP contribution in [0.3, 0.4) is 0 Å². The van der Waals surface area contributed by atoms with Gasteiger partial charge in [-0.2, -0.15) is 0 Å². The van der Waals surface area contributed by atoms with Gasteiger partial charge in [0, 0.05) is 0 Å². The van der Waals surface area contributed by atoms with Crippen molar-refractivity contribution in [1.82, 2.24) is 9.80 Å². The number of phenolic OH excluding ortho intramolecular Hbond substituents is 1. The molecule has 1 saturated carbocycles. The van der Waals surface area contributed by atoms with E-state index < -0.39 is 40.9 Å². The van der Waals surface area contributed by atoms with E-state index in [2.05, 4.69) is 9.24 Å². The summed E-state index contributed by atoms with van der Waals surface area (Å²) >= 11 is 0. The van der Waals surface area contributed by atoms with Crippen LogP contribution in [0, 0.1) is 11.8 Å². The number of benzene rings is 1. The number of aliphatic hydroxyl groups excluding tert-OH is 2. The van der Waals surface area contributed by atoms with Crippen molar-refractivity contribution in [3.05, 3.63) is 39.7 Å². The molecule has 1 unspecified atom stereocenters. The molecule has 1 aromatic carbocycles. The van der Waals surface area contributed by atoms with Crippen molar-refractivity contribution in [3.8, 4) is 5.75 Å². The minimum absolute atomic E-state index is 0.136. The number of anilines is 1. The van der Waals surface area contributed by atoms with Crippen LogP contribution in [0.4, 0.5) is 10.1 Å². The van der Waals surface area contributed by atoms with Gasteiger partial charge in [-0.25, -0.2) is 4.39 Å². The number of carbonyl (C=O) groups is 2. The Kier molecular flexibility index (Phi) is 7.17. The molecule has 3 aliphatic carbocycles. The number of amides is 1. The number of likely N-dealkylation sites (N-methyl/N-ethyl adjacent to an activating group) is 1. The topological polar surface area (TPSA) is 131 Å². The number of nitrogens with zero attached hydrogens (tertiary/aromatic N) is 3. The Morgan fingerprint density at radius 1 is 1.27 bits per heavy atom. The third-order valence-corrected chi connectivity index (χ3v) is 10.0. The van der Waals surface area contributed by atoms with Gasteiger partial charge in [-0.05, 0) is 6.42 Å². The summed E-state index contributed by atoms with van der Waals surface area (Å²) in [5.41, 5.74) is 7.81. The summed E-state index contributed by atoms with van der Waals surface area (Å²) < 4.78 is 13.9. The number of hydrogen-bond donors (Lipinski definition) is 4. The standard InChI is InChI=1S/C28H36BFN4O5P/c1-32(2)21-13(10-34-6-5-14(30)11-34)9-17(35)19-15(21)7-12-8-16-22(33(3)4)24(37)20(27(31)39)25(29)28(16,40)26(38)18(12)23(19)36/h9,12,14,16,22,35-37H,5-8,10-11,40H2,1-4H3,(H2,31,39)/t12-,14+,16-,22-,28+/m0/s1. The molecule has 0 aromatic heterocycles. The summed E-state index contributed by atoms with van der Waals surface area (Å²) in [6.45, 7) is 1.38. The van der Waals surface area contributed by atoms with Crippen LogP contribution in [0.5, 0.6) is 5.75 Å². The average Bonchev–Trinajstić information content (AvgIpc) is 3.24. The van der Waals surface area contributed by atoms with Crippen LogP contribution < -0.4 is 10.6 Å². The summed E-state index contributed by atoms with van der Waals surface area (Å²) in [6.07, 6.45) is 0.302. The number of carbonyl (C=O) groups excluding carboxylic acids is 2. The maximum atomic E-state index is 14.3. The van der Waals surface area contributed by atoms with Crippen molar-refractivity contribution in [2.24, 2.45) is 17.6 Å². The van der Waals surface area contributed by atoms with Crippen LogP contribution in [-0.4, -0.2) is 108 Å². The Morgan fingerprint density at radius 3 is 2.50 bits per heavy atom. The SMILES string of the molecule is [B]=C1C(C(N)=O)=C(O)[C@@H](N(C)C)[C@@H]2C[C@@H]3Cc4c(c(O)cc(CN5CC[C@@H](F)C5)c4N(C)C)C(O)=C3C(=O)[C@]12P. The fourth-order valence-electron chi connectivity index (χ4n) is 7.38. The first kappa shape index (κ1) is 28.8. The van der Waals surface area contributed by atoms with Crippen molar-refractivity contribution in [2.75, 3.05) is 46.2 Å². The molecule has 40 heavy (non-hydrogen) atoms. The van der Waals surface area contributed by atoms with Crippen molar-refractivity contribution in [3.63, 3.8) is 0 Å². The van der Waals surface area contributed by atoms with Gasteiger partial charge in [-0.15, -0.1) is 0 Å². The molecule has 1 saturated heterocycles. The molecule has 213 valence electrons. The van der Waals surface area contributed by atoms with Gasteiger partial charge in [0.1, 0.15) is 6.17 Å². The monoisotopic (exact) mass is 569 g/mol. The van der Waals surface area contributed by atoms with Crippen LogP contribution in [0.25, 0.3) is 5.76 Å². The van der Waals surface area contributed by atoms with Gasteiger partial charge >= 0.3 is 220 Å². The molecule has 5 N–H and O–H groups in total. The molecule has 1 aliphatic heterocycles. The molecular weight excluding hydrogens is 533 g/mol. The Bertz CT molecular complexity index is 1390. The van der Waals surface area contributed by atoms with E-state index in [-0.39, 0.29) is 39.4 Å². The molecule has 1 radical (unpaired) electrons. The van der Waals surface area contributed by atoms with Gasteiger partial charge in [-0.1, -0.05) is 0 Å². The average molecular weight is 569 g/mol. The second-order valence-electron chi connectivity index (χ2n) is 11.9. The van der Waals surface area contributed by atoms with Gasteiger partial charge in [-0.3, -0.25) is 0 Å². The van der Waals surface area contributed by atoms with E-state index in [0.29, 0.717) is 44.5 Å². The molecule has 1 amide bonds. The van der Waals surface area contributed by atoms with Gasteiger partial charge in [0.15, 0.2) is 0 Å². The van der Waals surface area contributed by atoms with E-state index >= 15 is 0 Å². The molecule has 0 bridgehead atoms. The van der Waals surface area contributed by atoms with E-state index in [9.17, 15) is 29.3 Å². The summed E-state index contributed by atoms with van der Waals surface area (Å²) in [5, 5.41) is 32.4. The number of aliphatic hydroxyl groups is 2. The minimum atomic E-state index is -1.50. The van der Waals surface area contributed by atoms with Crippen LogP contribution >= 0.6 is 9.24 Å². The number of halogens is 1. The number of alkyl halides is 1. The zero-order valence-corrected chi connectivity index (χ0v) is 24.4. The Labute approximate surface area is 236 Å². The molecule has 9 nitrogen and oxygen atoms in total. The van der Waals surface area contributed by atoms with Crippen LogP contribution in [0.1, 0.15) is 29.5 Å². The number of fused-ring (bicyclic) bond motifs is 3. The third-order valence-electron chi connectivity index (χ3n) is 9.04. The molecule has 1 heterocycles. The van der Waals surface area contributed by atoms with Crippen LogP contribution in [-0.2, 0) is 22.6 Å². The second kappa shape index (κ2) is 9.96. The third kappa shape index (κ3) is 4.12. The number of rotatable bonds is 5. The number of hydrogen-bond acceptors (Lipinski definition) is 8. The van der Waals surface area contributed by atoms with E-state index in [0.717, 1.165) is 11.3 Å². The second-order valence-corrected chi connectivity index (χ2v) is 12.8. The Balaban J connectivity index is 1.67. The molecule has 2 fully saturated rings. The summed E-state index contributed by atoms with van der Waals surface area (Å²) in [7, 11) is 16.1. The summed E-state index contributed by atoms with van der Waals surface area (Å²) in [5.74, 6) is -3.17. The quantitative estimate of drug-likeness (QED) is 0.308. The number of likely N-dealkylation sites (tertiary alicyclic amines) is 1. The maximum absolute atomic E-state index is 14.3. The number of aromatic hydroxyl groups is 1. The first-order chi connectivity index (χ1) is 18.7. The number of nitrogens with two attached hydrogens (primary N) is 1. The molecule has 0 spiro atoms. The van der Waals surface area contributed by atoms with Gasteiger partial charge in [0.2, 0.25) is 0 Å². The molecule has 5 rings (SSSR count). The molecule has 12 heteroatoms. The fourth-order valence-corrected chi connectivity index (χ4v) is 8.00. The van der Waals surface area contributed by atoms with Crippen molar-refractivity contribution < 1.29 is 29.3 Å². The first-order valence-corrected chi connectivity index (χ1v) is 14.0. The first-order valence-electron chi connectivity index (χ1n) is 13.4. The summed E-state index contributed by atoms with van der Waals surface area (Å²) in [6, 6.07) is 0.858. The molecule has 4 aliphatic rings. The van der Waals surface area contributed by atoms with Gasteiger partial charge < -0.3 is 0 Å². The normalized spacial score (nSPS) is 30.4. The fraction of sp³-hybridized carbons (Fsp3) is 0.536. The Morgan fingerprint density at radius 2 is 1.95 bits per heavy atom. The van der Waals surface area contributed by atoms with E-state index in [4.69, 9.17) is 13.2 Å². The summed E-state index contributed by atoms with van der Waals surface area (Å²) in [4.78, 5) is 32.3. The predicted octanol–water partition coefficient (Wildman–Crippen LogP) is 1.23. The van der Waals surface area contributed by atoms with Gasteiger partial charge in [0.05, 0.1) is 0 Å².